The number of benzene rings is 3. The lowest BCUT2D eigenvalue weighted by atomic mass is 10.0. The molecule has 0 amide bonds. The van der Waals surface area contributed by atoms with Crippen LogP contribution < -0.4 is 4.74 Å². The Hall–Kier alpha value is -3.11. The van der Waals surface area contributed by atoms with E-state index < -0.39 is 0 Å². The third-order valence-electron chi connectivity index (χ3n) is 4.00. The molecule has 4 nitrogen and oxygen atoms in total. The van der Waals surface area contributed by atoms with E-state index in [0.717, 1.165) is 28.3 Å². The van der Waals surface area contributed by atoms with Crippen LogP contribution in [0.1, 0.15) is 0 Å². The van der Waals surface area contributed by atoms with Crippen LogP contribution in [0.3, 0.4) is 0 Å². The molecule has 26 heavy (non-hydrogen) atoms. The highest BCUT2D eigenvalue weighted by atomic mass is 35.5. The zero-order valence-electron chi connectivity index (χ0n) is 13.9. The van der Waals surface area contributed by atoms with Crippen LogP contribution >= 0.6 is 11.6 Å². The lowest BCUT2D eigenvalue weighted by molar-refractivity contribution is 0.220. The van der Waals surface area contributed by atoms with Gasteiger partial charge in [-0.05, 0) is 24.3 Å². The fraction of sp³-hybridized carbons (Fsp3) is 0.0476. The topological polar surface area (TPSA) is 39.9 Å². The molecule has 1 aromatic heterocycles. The van der Waals surface area contributed by atoms with Crippen molar-refractivity contribution in [2.75, 3.05) is 0 Å². The van der Waals surface area contributed by atoms with E-state index in [9.17, 15) is 0 Å². The first-order chi connectivity index (χ1) is 12.8. The zero-order chi connectivity index (χ0) is 17.8. The Balaban J connectivity index is 1.70. The molecule has 0 aliphatic carbocycles. The van der Waals surface area contributed by atoms with Crippen LogP contribution in [0.4, 0.5) is 0 Å². The molecule has 0 spiro atoms. The summed E-state index contributed by atoms with van der Waals surface area (Å²) in [5, 5.41) is 9.39. The van der Waals surface area contributed by atoms with Gasteiger partial charge in [-0.2, -0.15) is 0 Å². The minimum Gasteiger partial charge on any atom is -0.471 e. The van der Waals surface area contributed by atoms with Gasteiger partial charge in [-0.25, -0.2) is 4.68 Å². The normalized spacial score (nSPS) is 10.7. The van der Waals surface area contributed by atoms with Crippen molar-refractivity contribution in [2.24, 2.45) is 0 Å². The van der Waals surface area contributed by atoms with E-state index >= 15 is 0 Å². The lowest BCUT2D eigenvalue weighted by Crippen LogP contribution is -2.08. The summed E-state index contributed by atoms with van der Waals surface area (Å²) in [5.74, 6) is 0.727. The molecular weight excluding hydrogens is 346 g/mol. The maximum atomic E-state index is 5.92. The highest BCUT2D eigenvalue weighted by molar-refractivity contribution is 6.30. The average molecular weight is 362 g/mol. The molecule has 0 fully saturated rings. The van der Waals surface area contributed by atoms with Gasteiger partial charge in [0.15, 0.2) is 6.73 Å². The minimum absolute atomic E-state index is 0.256. The molecule has 0 aliphatic heterocycles. The number of aromatic nitrogens is 3. The zero-order valence-corrected chi connectivity index (χ0v) is 14.7. The van der Waals surface area contributed by atoms with Crippen LogP contribution in [0.5, 0.6) is 5.75 Å². The van der Waals surface area contributed by atoms with Gasteiger partial charge in [0.2, 0.25) is 0 Å². The summed E-state index contributed by atoms with van der Waals surface area (Å²) >= 11 is 5.92. The molecule has 5 heteroatoms. The van der Waals surface area contributed by atoms with Gasteiger partial charge in [-0.15, -0.1) is 5.10 Å². The molecule has 4 rings (SSSR count). The van der Waals surface area contributed by atoms with Gasteiger partial charge in [0.05, 0.1) is 0 Å². The number of halogens is 1. The largest absolute Gasteiger partial charge is 0.471 e. The summed E-state index contributed by atoms with van der Waals surface area (Å²) in [4.78, 5) is 0. The quantitative estimate of drug-likeness (QED) is 0.484. The number of hydrogen-bond donors (Lipinski definition) is 0. The second-order valence-corrected chi connectivity index (χ2v) is 6.18. The first-order valence-corrected chi connectivity index (χ1v) is 8.62. The van der Waals surface area contributed by atoms with Gasteiger partial charge in [0, 0.05) is 16.1 Å². The van der Waals surface area contributed by atoms with Gasteiger partial charge in [0.25, 0.3) is 0 Å². The number of rotatable bonds is 5. The van der Waals surface area contributed by atoms with Crippen LogP contribution in [0, 0.1) is 0 Å². The van der Waals surface area contributed by atoms with Crippen molar-refractivity contribution in [1.29, 1.82) is 0 Å². The first-order valence-electron chi connectivity index (χ1n) is 8.24. The Morgan fingerprint density at radius 1 is 0.769 bits per heavy atom. The van der Waals surface area contributed by atoms with Crippen molar-refractivity contribution in [3.8, 4) is 28.3 Å². The summed E-state index contributed by atoms with van der Waals surface area (Å²) < 4.78 is 7.63. The monoisotopic (exact) mass is 361 g/mol. The number of nitrogens with zero attached hydrogens (tertiary/aromatic N) is 3. The summed E-state index contributed by atoms with van der Waals surface area (Å²) in [7, 11) is 0. The molecule has 0 radical (unpaired) electrons. The second kappa shape index (κ2) is 7.42. The van der Waals surface area contributed by atoms with E-state index in [4.69, 9.17) is 16.3 Å². The van der Waals surface area contributed by atoms with Crippen molar-refractivity contribution < 1.29 is 4.74 Å². The highest BCUT2D eigenvalue weighted by Gasteiger charge is 2.16. The third-order valence-corrected chi connectivity index (χ3v) is 4.25. The maximum absolute atomic E-state index is 5.92. The third kappa shape index (κ3) is 3.46. The summed E-state index contributed by atoms with van der Waals surface area (Å²) in [6.45, 7) is 0.256. The van der Waals surface area contributed by atoms with Gasteiger partial charge < -0.3 is 4.74 Å². The van der Waals surface area contributed by atoms with Crippen molar-refractivity contribution in [3.63, 3.8) is 0 Å². The number of hydrogen-bond acceptors (Lipinski definition) is 3. The minimum atomic E-state index is 0.256. The average Bonchev–Trinajstić information content (AvgIpc) is 3.13. The van der Waals surface area contributed by atoms with E-state index in [0.29, 0.717) is 5.02 Å². The van der Waals surface area contributed by atoms with Gasteiger partial charge in [0.1, 0.15) is 17.1 Å². The summed E-state index contributed by atoms with van der Waals surface area (Å²) in [5.41, 5.74) is 3.81. The molecule has 4 aromatic rings. The van der Waals surface area contributed by atoms with Crippen molar-refractivity contribution in [1.82, 2.24) is 15.0 Å². The fourth-order valence-corrected chi connectivity index (χ4v) is 2.87. The first kappa shape index (κ1) is 16.4. The molecular formula is C21H16ClN3O. The van der Waals surface area contributed by atoms with Gasteiger partial charge in [-0.1, -0.05) is 77.5 Å². The van der Waals surface area contributed by atoms with E-state index in [1.807, 2.05) is 72.8 Å². The molecule has 0 saturated carbocycles. The van der Waals surface area contributed by atoms with E-state index in [1.165, 1.54) is 0 Å². The van der Waals surface area contributed by atoms with Crippen LogP contribution in [0.25, 0.3) is 22.5 Å². The van der Waals surface area contributed by atoms with Crippen molar-refractivity contribution >= 4 is 11.6 Å². The van der Waals surface area contributed by atoms with Crippen LogP contribution in [-0.2, 0) is 6.73 Å². The van der Waals surface area contributed by atoms with Crippen molar-refractivity contribution in [2.45, 2.75) is 6.73 Å². The van der Waals surface area contributed by atoms with E-state index in [1.54, 1.807) is 16.8 Å². The Labute approximate surface area is 156 Å². The Morgan fingerprint density at radius 2 is 1.38 bits per heavy atom. The van der Waals surface area contributed by atoms with Crippen molar-refractivity contribution in [3.05, 3.63) is 90.0 Å². The fourth-order valence-electron chi connectivity index (χ4n) is 2.74. The molecule has 0 bridgehead atoms. The molecule has 0 aliphatic rings. The molecule has 0 atom stereocenters. The smallest absolute Gasteiger partial charge is 0.183 e. The molecule has 0 N–H and O–H groups in total. The van der Waals surface area contributed by atoms with Gasteiger partial charge in [-0.3, -0.25) is 0 Å². The Morgan fingerprint density at radius 3 is 2.04 bits per heavy atom. The van der Waals surface area contributed by atoms with Crippen LogP contribution in [0.15, 0.2) is 84.9 Å². The van der Waals surface area contributed by atoms with Crippen LogP contribution in [-0.4, -0.2) is 15.0 Å². The maximum Gasteiger partial charge on any atom is 0.183 e. The predicted octanol–water partition coefficient (Wildman–Crippen LogP) is 5.30. The van der Waals surface area contributed by atoms with Crippen LogP contribution in [0.2, 0.25) is 5.02 Å². The standard InChI is InChI=1S/C21H16ClN3O/c22-18-11-13-19(14-12-18)26-15-25-21(17-9-5-2-6-10-17)20(23-24-25)16-7-3-1-4-8-16/h1-14H,15H2. The SMILES string of the molecule is Clc1ccc(OCn2nnc(-c3ccccc3)c2-c2ccccc2)cc1. The summed E-state index contributed by atoms with van der Waals surface area (Å²) in [6.07, 6.45) is 0. The van der Waals surface area contributed by atoms with E-state index in [-0.39, 0.29) is 6.73 Å². The highest BCUT2D eigenvalue weighted by Crippen LogP contribution is 2.30. The molecule has 0 unspecified atom stereocenters. The Bertz CT molecular complexity index is 983. The van der Waals surface area contributed by atoms with Gasteiger partial charge >= 0.3 is 0 Å². The lowest BCUT2D eigenvalue weighted by Gasteiger charge is -2.10. The molecule has 3 aromatic carbocycles. The predicted molar refractivity (Wildman–Crippen MR) is 103 cm³/mol. The van der Waals surface area contributed by atoms with E-state index in [2.05, 4.69) is 10.3 Å². The summed E-state index contributed by atoms with van der Waals surface area (Å²) in [6, 6.07) is 27.4. The number of ether oxygens (including phenoxy) is 1. The molecule has 0 saturated heterocycles. The molecule has 128 valence electrons. The second-order valence-electron chi connectivity index (χ2n) is 5.75. The molecule has 1 heterocycles. The Kier molecular flexibility index (Phi) is 4.67.